The van der Waals surface area contributed by atoms with Gasteiger partial charge in [-0.15, -0.1) is 0 Å². The minimum atomic E-state index is -0.295. The molecule has 7 heteroatoms. The van der Waals surface area contributed by atoms with E-state index in [-0.39, 0.29) is 23.3 Å². The van der Waals surface area contributed by atoms with E-state index in [9.17, 15) is 9.59 Å². The van der Waals surface area contributed by atoms with Gasteiger partial charge < -0.3 is 15.1 Å². The van der Waals surface area contributed by atoms with Crippen molar-refractivity contribution in [1.29, 1.82) is 0 Å². The highest BCUT2D eigenvalue weighted by molar-refractivity contribution is 6.42. The molecule has 4 rings (SSSR count). The Kier molecular flexibility index (Phi) is 9.48. The summed E-state index contributed by atoms with van der Waals surface area (Å²) in [6, 6.07) is 25.3. The molecule has 0 radical (unpaired) electrons. The van der Waals surface area contributed by atoms with Crippen molar-refractivity contribution in [3.8, 4) is 0 Å². The Balaban J connectivity index is 1.44. The molecule has 3 aromatic carbocycles. The maximum atomic E-state index is 12.7. The van der Waals surface area contributed by atoms with Gasteiger partial charge in [-0.2, -0.15) is 0 Å². The predicted molar refractivity (Wildman–Crippen MR) is 155 cm³/mol. The second-order valence-corrected chi connectivity index (χ2v) is 10.9. The average molecular weight is 553 g/mol. The minimum Gasteiger partial charge on any atom is -0.351 e. The van der Waals surface area contributed by atoms with Gasteiger partial charge in [0.2, 0.25) is 5.91 Å². The summed E-state index contributed by atoms with van der Waals surface area (Å²) < 4.78 is 0. The highest BCUT2D eigenvalue weighted by Gasteiger charge is 2.40. The molecule has 3 aromatic rings. The van der Waals surface area contributed by atoms with E-state index >= 15 is 0 Å². The van der Waals surface area contributed by atoms with E-state index in [0.717, 1.165) is 44.5 Å². The predicted octanol–water partition coefficient (Wildman–Crippen LogP) is 6.37. The van der Waals surface area contributed by atoms with Crippen molar-refractivity contribution in [2.45, 2.75) is 37.6 Å². The minimum absolute atomic E-state index is 0.0798. The van der Waals surface area contributed by atoms with Crippen molar-refractivity contribution >= 4 is 35.0 Å². The Morgan fingerprint density at radius 2 is 1.58 bits per heavy atom. The van der Waals surface area contributed by atoms with Crippen LogP contribution in [-0.2, 0) is 10.3 Å². The molecule has 0 saturated carbocycles. The van der Waals surface area contributed by atoms with Crippen LogP contribution in [0.4, 0.5) is 0 Å². The first-order chi connectivity index (χ1) is 18.3. The van der Waals surface area contributed by atoms with Crippen LogP contribution < -0.4 is 5.32 Å². The number of carbonyl (C=O) groups excluding carboxylic acids is 2. The fourth-order valence-corrected chi connectivity index (χ4v) is 5.72. The van der Waals surface area contributed by atoms with E-state index in [0.29, 0.717) is 22.2 Å². The number of piperidine rings is 1. The Bertz CT molecular complexity index is 1230. The average Bonchev–Trinajstić information content (AvgIpc) is 2.95. The van der Waals surface area contributed by atoms with E-state index in [4.69, 9.17) is 23.2 Å². The van der Waals surface area contributed by atoms with Crippen molar-refractivity contribution in [2.75, 3.05) is 33.2 Å². The van der Waals surface area contributed by atoms with Gasteiger partial charge in [0, 0.05) is 45.1 Å². The fourth-order valence-electron chi connectivity index (χ4n) is 5.41. The van der Waals surface area contributed by atoms with E-state index in [1.165, 1.54) is 5.56 Å². The van der Waals surface area contributed by atoms with E-state index in [1.807, 2.05) is 78.7 Å². The first-order valence-corrected chi connectivity index (χ1v) is 13.9. The van der Waals surface area contributed by atoms with E-state index in [1.54, 1.807) is 6.92 Å². The number of rotatable bonds is 9. The van der Waals surface area contributed by atoms with E-state index in [2.05, 4.69) is 22.3 Å². The molecule has 1 atom stereocenters. The first kappa shape index (κ1) is 28.2. The molecular weight excluding hydrogens is 517 g/mol. The number of benzene rings is 3. The van der Waals surface area contributed by atoms with Crippen LogP contribution in [0.5, 0.6) is 0 Å². The maximum absolute atomic E-state index is 12.7. The van der Waals surface area contributed by atoms with Crippen LogP contribution in [0.1, 0.15) is 53.6 Å². The molecule has 1 saturated heterocycles. The van der Waals surface area contributed by atoms with Gasteiger partial charge in [0.1, 0.15) is 0 Å². The van der Waals surface area contributed by atoms with Crippen LogP contribution in [0, 0.1) is 0 Å². The van der Waals surface area contributed by atoms with Crippen LogP contribution in [-0.4, -0.2) is 54.8 Å². The molecule has 0 spiro atoms. The maximum Gasteiger partial charge on any atom is 0.251 e. The summed E-state index contributed by atoms with van der Waals surface area (Å²) in [5.74, 6) is 0.0721. The van der Waals surface area contributed by atoms with Crippen molar-refractivity contribution in [2.24, 2.45) is 0 Å². The molecule has 1 aliphatic rings. The van der Waals surface area contributed by atoms with Gasteiger partial charge in [-0.1, -0.05) is 77.8 Å². The molecule has 0 aliphatic carbocycles. The second-order valence-electron chi connectivity index (χ2n) is 10.1. The van der Waals surface area contributed by atoms with Crippen LogP contribution in [0.2, 0.25) is 10.0 Å². The van der Waals surface area contributed by atoms with Gasteiger partial charge >= 0.3 is 0 Å². The molecule has 200 valence electrons. The molecule has 1 N–H and O–H groups in total. The Morgan fingerprint density at radius 3 is 2.18 bits per heavy atom. The lowest BCUT2D eigenvalue weighted by Crippen LogP contribution is -2.53. The first-order valence-electron chi connectivity index (χ1n) is 13.1. The van der Waals surface area contributed by atoms with Crippen molar-refractivity contribution in [3.63, 3.8) is 0 Å². The number of amides is 2. The van der Waals surface area contributed by atoms with Gasteiger partial charge in [-0.05, 0) is 61.2 Å². The summed E-state index contributed by atoms with van der Waals surface area (Å²) >= 11 is 12.5. The van der Waals surface area contributed by atoms with Crippen LogP contribution in [0.15, 0.2) is 78.9 Å². The van der Waals surface area contributed by atoms with Crippen molar-refractivity contribution < 1.29 is 9.59 Å². The SMILES string of the molecule is CC(=O)N(C)C1(c2ccccc2)CCN(CCC(CNC(=O)c2ccccc2)c2ccc(Cl)c(Cl)c2)CC1. The quantitative estimate of drug-likeness (QED) is 0.336. The zero-order chi connectivity index (χ0) is 27.1. The van der Waals surface area contributed by atoms with Crippen LogP contribution in [0.3, 0.4) is 0 Å². The third-order valence-corrected chi connectivity index (χ3v) is 8.60. The fraction of sp³-hybridized carbons (Fsp3) is 0.355. The molecule has 1 fully saturated rings. The molecule has 2 amide bonds. The Labute approximate surface area is 235 Å². The molecular formula is C31H35Cl2N3O2. The van der Waals surface area contributed by atoms with Crippen LogP contribution in [0.25, 0.3) is 0 Å². The molecule has 38 heavy (non-hydrogen) atoms. The lowest BCUT2D eigenvalue weighted by molar-refractivity contribution is -0.136. The smallest absolute Gasteiger partial charge is 0.251 e. The monoisotopic (exact) mass is 551 g/mol. The van der Waals surface area contributed by atoms with Gasteiger partial charge in [-0.25, -0.2) is 0 Å². The Morgan fingerprint density at radius 1 is 0.947 bits per heavy atom. The lowest BCUT2D eigenvalue weighted by Gasteiger charge is -2.48. The van der Waals surface area contributed by atoms with Gasteiger partial charge in [0.15, 0.2) is 0 Å². The van der Waals surface area contributed by atoms with E-state index < -0.39 is 0 Å². The summed E-state index contributed by atoms with van der Waals surface area (Å²) in [4.78, 5) is 29.5. The summed E-state index contributed by atoms with van der Waals surface area (Å²) in [5, 5.41) is 4.14. The third kappa shape index (κ3) is 6.58. The number of carbonyl (C=O) groups is 2. The molecule has 1 aliphatic heterocycles. The number of hydrogen-bond acceptors (Lipinski definition) is 3. The molecule has 0 aromatic heterocycles. The lowest BCUT2D eigenvalue weighted by atomic mass is 9.79. The van der Waals surface area contributed by atoms with Gasteiger partial charge in [0.25, 0.3) is 5.91 Å². The highest BCUT2D eigenvalue weighted by atomic mass is 35.5. The summed E-state index contributed by atoms with van der Waals surface area (Å²) in [7, 11) is 1.92. The summed E-state index contributed by atoms with van der Waals surface area (Å²) in [6.07, 6.45) is 2.60. The number of nitrogens with one attached hydrogen (secondary N) is 1. The molecule has 5 nitrogen and oxygen atoms in total. The topological polar surface area (TPSA) is 52.7 Å². The highest BCUT2D eigenvalue weighted by Crippen LogP contribution is 2.38. The number of nitrogens with zero attached hydrogens (tertiary/aromatic N) is 2. The summed E-state index contributed by atoms with van der Waals surface area (Å²) in [6.45, 7) is 4.79. The second kappa shape index (κ2) is 12.8. The molecule has 1 heterocycles. The molecule has 0 bridgehead atoms. The largest absolute Gasteiger partial charge is 0.351 e. The summed E-state index contributed by atoms with van der Waals surface area (Å²) in [5.41, 5.74) is 2.59. The van der Waals surface area contributed by atoms with Gasteiger partial charge in [-0.3, -0.25) is 9.59 Å². The molecule has 1 unspecified atom stereocenters. The van der Waals surface area contributed by atoms with Crippen molar-refractivity contribution in [3.05, 3.63) is 106 Å². The normalized spacial score (nSPS) is 16.0. The number of hydrogen-bond donors (Lipinski definition) is 1. The number of likely N-dealkylation sites (tertiary alicyclic amines) is 1. The van der Waals surface area contributed by atoms with Crippen LogP contribution >= 0.6 is 23.2 Å². The zero-order valence-corrected chi connectivity index (χ0v) is 23.5. The number of halogens is 2. The Hall–Kier alpha value is -2.86. The van der Waals surface area contributed by atoms with Crippen molar-refractivity contribution in [1.82, 2.24) is 15.1 Å². The zero-order valence-electron chi connectivity index (χ0n) is 22.0. The standard InChI is InChI=1S/C31H35Cl2N3O2/c1-23(37)35(2)31(27-11-7-4-8-12-27)16-19-36(20-17-31)18-15-26(25-13-14-28(32)29(33)21-25)22-34-30(38)24-9-5-3-6-10-24/h3-14,21,26H,15-20,22H2,1-2H3,(H,34,38). The third-order valence-electron chi connectivity index (χ3n) is 7.86. The van der Waals surface area contributed by atoms with Gasteiger partial charge in [0.05, 0.1) is 15.6 Å².